The van der Waals surface area contributed by atoms with Crippen LogP contribution in [-0.2, 0) is 24.8 Å². The van der Waals surface area contributed by atoms with E-state index in [0.717, 1.165) is 17.1 Å². The van der Waals surface area contributed by atoms with E-state index in [2.05, 4.69) is 10.3 Å². The van der Waals surface area contributed by atoms with Crippen LogP contribution in [0.3, 0.4) is 0 Å². The Balaban J connectivity index is 1.85. The standard InChI is InChI=1S/C14H17N3O2/c1-17-8-7-15-13(17)10-16-14(18)9-11-3-5-12(19-2)6-4-11/h3-8H,9-10H2,1-2H3,(H,16,18). The van der Waals surface area contributed by atoms with Crippen molar-refractivity contribution >= 4 is 5.91 Å². The number of aryl methyl sites for hydroxylation is 1. The fraction of sp³-hybridized carbons (Fsp3) is 0.286. The van der Waals surface area contributed by atoms with Gasteiger partial charge in [0.15, 0.2) is 0 Å². The van der Waals surface area contributed by atoms with E-state index in [1.807, 2.05) is 42.1 Å². The highest BCUT2D eigenvalue weighted by molar-refractivity contribution is 5.78. The lowest BCUT2D eigenvalue weighted by molar-refractivity contribution is -0.120. The van der Waals surface area contributed by atoms with Crippen LogP contribution in [0, 0.1) is 0 Å². The van der Waals surface area contributed by atoms with Gasteiger partial charge >= 0.3 is 0 Å². The summed E-state index contributed by atoms with van der Waals surface area (Å²) in [6.07, 6.45) is 3.92. The quantitative estimate of drug-likeness (QED) is 0.880. The van der Waals surface area contributed by atoms with Gasteiger partial charge in [-0.25, -0.2) is 4.98 Å². The average Bonchev–Trinajstić information content (AvgIpc) is 2.83. The fourth-order valence-electron chi connectivity index (χ4n) is 1.74. The van der Waals surface area contributed by atoms with Crippen molar-refractivity contribution in [2.24, 2.45) is 7.05 Å². The molecule has 1 heterocycles. The molecule has 0 saturated heterocycles. The maximum Gasteiger partial charge on any atom is 0.224 e. The summed E-state index contributed by atoms with van der Waals surface area (Å²) in [4.78, 5) is 15.9. The summed E-state index contributed by atoms with van der Waals surface area (Å²) < 4.78 is 6.95. The van der Waals surface area contributed by atoms with Gasteiger partial charge in [-0.05, 0) is 17.7 Å². The molecular weight excluding hydrogens is 242 g/mol. The van der Waals surface area contributed by atoms with Crippen LogP contribution in [0.5, 0.6) is 5.75 Å². The molecule has 0 aliphatic rings. The minimum absolute atomic E-state index is 0.0202. The minimum atomic E-state index is -0.0202. The molecule has 0 aliphatic heterocycles. The molecule has 0 bridgehead atoms. The molecule has 0 atom stereocenters. The van der Waals surface area contributed by atoms with Crippen LogP contribution in [0.1, 0.15) is 11.4 Å². The summed E-state index contributed by atoms with van der Waals surface area (Å²) in [6, 6.07) is 7.47. The largest absolute Gasteiger partial charge is 0.497 e. The SMILES string of the molecule is COc1ccc(CC(=O)NCc2nccn2C)cc1. The van der Waals surface area contributed by atoms with Crippen LogP contribution in [0.15, 0.2) is 36.7 Å². The van der Waals surface area contributed by atoms with Crippen LogP contribution < -0.4 is 10.1 Å². The van der Waals surface area contributed by atoms with Crippen molar-refractivity contribution < 1.29 is 9.53 Å². The number of imidazole rings is 1. The molecule has 1 N–H and O–H groups in total. The van der Waals surface area contributed by atoms with E-state index in [0.29, 0.717) is 13.0 Å². The van der Waals surface area contributed by atoms with Crippen LogP contribution in [0.2, 0.25) is 0 Å². The molecule has 0 aliphatic carbocycles. The topological polar surface area (TPSA) is 56.1 Å². The lowest BCUT2D eigenvalue weighted by atomic mass is 10.1. The third kappa shape index (κ3) is 3.58. The monoisotopic (exact) mass is 259 g/mol. The number of aromatic nitrogens is 2. The van der Waals surface area contributed by atoms with Crippen LogP contribution in [0.25, 0.3) is 0 Å². The van der Waals surface area contributed by atoms with E-state index in [1.54, 1.807) is 13.3 Å². The number of amides is 1. The number of carbonyl (C=O) groups is 1. The Bertz CT molecular complexity index is 546. The molecule has 100 valence electrons. The number of ether oxygens (including phenoxy) is 1. The molecular formula is C14H17N3O2. The zero-order chi connectivity index (χ0) is 13.7. The fourth-order valence-corrected chi connectivity index (χ4v) is 1.74. The van der Waals surface area contributed by atoms with Crippen molar-refractivity contribution in [3.05, 3.63) is 48.0 Å². The van der Waals surface area contributed by atoms with Gasteiger partial charge in [0, 0.05) is 19.4 Å². The van der Waals surface area contributed by atoms with Crippen molar-refractivity contribution in [3.63, 3.8) is 0 Å². The molecule has 19 heavy (non-hydrogen) atoms. The second-order valence-corrected chi connectivity index (χ2v) is 4.26. The first-order chi connectivity index (χ1) is 9.19. The third-order valence-electron chi connectivity index (χ3n) is 2.89. The van der Waals surface area contributed by atoms with Gasteiger partial charge in [-0.1, -0.05) is 12.1 Å². The lowest BCUT2D eigenvalue weighted by Gasteiger charge is -2.06. The number of carbonyl (C=O) groups excluding carboxylic acids is 1. The number of methoxy groups -OCH3 is 1. The number of benzene rings is 1. The van der Waals surface area contributed by atoms with Gasteiger partial charge in [0.05, 0.1) is 20.1 Å². The maximum absolute atomic E-state index is 11.8. The van der Waals surface area contributed by atoms with E-state index in [9.17, 15) is 4.79 Å². The Morgan fingerprint density at radius 3 is 2.68 bits per heavy atom. The molecule has 1 aromatic heterocycles. The average molecular weight is 259 g/mol. The van der Waals surface area contributed by atoms with Crippen LogP contribution in [-0.4, -0.2) is 22.6 Å². The highest BCUT2D eigenvalue weighted by Gasteiger charge is 2.05. The van der Waals surface area contributed by atoms with Crippen LogP contribution in [0.4, 0.5) is 0 Å². The molecule has 0 unspecified atom stereocenters. The second-order valence-electron chi connectivity index (χ2n) is 4.26. The van der Waals surface area contributed by atoms with Gasteiger partial charge in [-0.2, -0.15) is 0 Å². The number of hydrogen-bond acceptors (Lipinski definition) is 3. The second kappa shape index (κ2) is 6.04. The Hall–Kier alpha value is -2.30. The third-order valence-corrected chi connectivity index (χ3v) is 2.89. The molecule has 0 spiro atoms. The highest BCUT2D eigenvalue weighted by Crippen LogP contribution is 2.11. The summed E-state index contributed by atoms with van der Waals surface area (Å²) >= 11 is 0. The molecule has 0 radical (unpaired) electrons. The van der Waals surface area contributed by atoms with Gasteiger partial charge in [-0.15, -0.1) is 0 Å². The maximum atomic E-state index is 11.8. The molecule has 5 nitrogen and oxygen atoms in total. The first-order valence-electron chi connectivity index (χ1n) is 6.05. The molecule has 0 fully saturated rings. The number of rotatable bonds is 5. The number of nitrogens with zero attached hydrogens (tertiary/aromatic N) is 2. The molecule has 2 rings (SSSR count). The summed E-state index contributed by atoms with van der Waals surface area (Å²) in [5.74, 6) is 1.61. The summed E-state index contributed by atoms with van der Waals surface area (Å²) in [5, 5.41) is 2.85. The zero-order valence-corrected chi connectivity index (χ0v) is 11.1. The van der Waals surface area contributed by atoms with Gasteiger partial charge in [0.1, 0.15) is 11.6 Å². The molecule has 1 aromatic carbocycles. The predicted octanol–water partition coefficient (Wildman–Crippen LogP) is 1.29. The van der Waals surface area contributed by atoms with E-state index in [1.165, 1.54) is 0 Å². The van der Waals surface area contributed by atoms with Gasteiger partial charge in [0.25, 0.3) is 0 Å². The van der Waals surface area contributed by atoms with Crippen molar-refractivity contribution in [1.82, 2.24) is 14.9 Å². The van der Waals surface area contributed by atoms with E-state index in [4.69, 9.17) is 4.74 Å². The number of hydrogen-bond donors (Lipinski definition) is 1. The van der Waals surface area contributed by atoms with Crippen LogP contribution >= 0.6 is 0 Å². The Kier molecular flexibility index (Phi) is 4.18. The van der Waals surface area contributed by atoms with Crippen molar-refractivity contribution in [2.45, 2.75) is 13.0 Å². The summed E-state index contributed by atoms with van der Waals surface area (Å²) in [6.45, 7) is 0.443. The molecule has 1 amide bonds. The predicted molar refractivity (Wildman–Crippen MR) is 71.8 cm³/mol. The Morgan fingerprint density at radius 2 is 2.11 bits per heavy atom. The molecule has 2 aromatic rings. The van der Waals surface area contributed by atoms with Crippen molar-refractivity contribution in [3.8, 4) is 5.75 Å². The van der Waals surface area contributed by atoms with Gasteiger partial charge in [0.2, 0.25) is 5.91 Å². The minimum Gasteiger partial charge on any atom is -0.497 e. The molecule has 5 heteroatoms. The normalized spacial score (nSPS) is 10.2. The first-order valence-corrected chi connectivity index (χ1v) is 6.05. The summed E-state index contributed by atoms with van der Waals surface area (Å²) in [5.41, 5.74) is 0.957. The Labute approximate surface area is 112 Å². The van der Waals surface area contributed by atoms with Crippen molar-refractivity contribution in [1.29, 1.82) is 0 Å². The van der Waals surface area contributed by atoms with Crippen molar-refractivity contribution in [2.75, 3.05) is 7.11 Å². The Morgan fingerprint density at radius 1 is 1.37 bits per heavy atom. The van der Waals surface area contributed by atoms with E-state index < -0.39 is 0 Å². The van der Waals surface area contributed by atoms with E-state index >= 15 is 0 Å². The van der Waals surface area contributed by atoms with Gasteiger partial charge < -0.3 is 14.6 Å². The number of nitrogens with one attached hydrogen (secondary N) is 1. The smallest absolute Gasteiger partial charge is 0.224 e. The zero-order valence-electron chi connectivity index (χ0n) is 11.1. The van der Waals surface area contributed by atoms with E-state index in [-0.39, 0.29) is 5.91 Å². The molecule has 0 saturated carbocycles. The highest BCUT2D eigenvalue weighted by atomic mass is 16.5. The lowest BCUT2D eigenvalue weighted by Crippen LogP contribution is -2.25. The first kappa shape index (κ1) is 13.1. The van der Waals surface area contributed by atoms with Gasteiger partial charge in [-0.3, -0.25) is 4.79 Å². The summed E-state index contributed by atoms with van der Waals surface area (Å²) in [7, 11) is 3.52.